The molecule has 0 atom stereocenters. The van der Waals surface area contributed by atoms with Crippen LogP contribution < -0.4 is 4.90 Å². The van der Waals surface area contributed by atoms with Crippen molar-refractivity contribution in [1.82, 2.24) is 4.90 Å². The molecule has 2 N–H and O–H groups in total. The summed E-state index contributed by atoms with van der Waals surface area (Å²) < 4.78 is 0. The van der Waals surface area contributed by atoms with Crippen molar-refractivity contribution in [3.05, 3.63) is 64.7 Å². The number of carbonyl (C=O) groups is 2. The van der Waals surface area contributed by atoms with Crippen LogP contribution in [0.4, 0.5) is 5.69 Å². The molecule has 0 saturated heterocycles. The molecule has 0 fully saturated rings. The zero-order chi connectivity index (χ0) is 23.6. The number of hydrogen-bond acceptors (Lipinski definition) is 4. The molecular weight excluding hydrogens is 392 g/mol. The normalized spacial score (nSPS) is 10.6. The maximum atomic E-state index is 11.1. The van der Waals surface area contributed by atoms with E-state index >= 15 is 0 Å². The van der Waals surface area contributed by atoms with Crippen molar-refractivity contribution < 1.29 is 19.8 Å². The van der Waals surface area contributed by atoms with Gasteiger partial charge in [-0.2, -0.15) is 0 Å². The molecule has 0 aromatic heterocycles. The molecule has 0 saturated carbocycles. The number of aryl methyl sites for hydroxylation is 1. The standard InChI is InChI=1S/C14H21NO2.C11H15NO2/c1-10(2)5-6-11-9-12(15(3)4)7-8-13(11)14(16)17;1-12(2)8-7-9-3-5-10(6-4-9)11(13)14/h7-10H,5-6H2,1-4H3,(H,16,17);3-6H,7-8H2,1-2H3,(H,13,14). The van der Waals surface area contributed by atoms with Crippen LogP contribution >= 0.6 is 0 Å². The molecule has 0 amide bonds. The Hall–Kier alpha value is -2.86. The van der Waals surface area contributed by atoms with Crippen molar-refractivity contribution in [2.45, 2.75) is 33.1 Å². The number of likely N-dealkylation sites (N-methyl/N-ethyl adjacent to an activating group) is 1. The minimum absolute atomic E-state index is 0.346. The van der Waals surface area contributed by atoms with Gasteiger partial charge in [-0.1, -0.05) is 26.0 Å². The second-order valence-corrected chi connectivity index (χ2v) is 8.53. The number of hydrogen-bond donors (Lipinski definition) is 2. The number of nitrogens with zero attached hydrogens (tertiary/aromatic N) is 2. The first-order chi connectivity index (χ1) is 14.5. The lowest BCUT2D eigenvalue weighted by atomic mass is 9.98. The van der Waals surface area contributed by atoms with Gasteiger partial charge in [-0.15, -0.1) is 0 Å². The molecule has 170 valence electrons. The minimum atomic E-state index is -0.871. The SMILES string of the molecule is CC(C)CCc1cc(N(C)C)ccc1C(=O)O.CN(C)CCc1ccc(C(=O)O)cc1. The Balaban J connectivity index is 0.000000316. The van der Waals surface area contributed by atoms with E-state index in [-0.39, 0.29) is 0 Å². The lowest BCUT2D eigenvalue weighted by molar-refractivity contribution is 0.0685. The first-order valence-electron chi connectivity index (χ1n) is 10.5. The van der Waals surface area contributed by atoms with Crippen LogP contribution in [0.25, 0.3) is 0 Å². The third-order valence-electron chi connectivity index (χ3n) is 4.88. The van der Waals surface area contributed by atoms with Crippen LogP contribution in [0.5, 0.6) is 0 Å². The first kappa shape index (κ1) is 26.2. The van der Waals surface area contributed by atoms with Crippen molar-refractivity contribution in [3.8, 4) is 0 Å². The lowest BCUT2D eigenvalue weighted by Crippen LogP contribution is -2.15. The van der Waals surface area contributed by atoms with Gasteiger partial charge < -0.3 is 20.0 Å². The third-order valence-corrected chi connectivity index (χ3v) is 4.88. The van der Waals surface area contributed by atoms with Gasteiger partial charge in [-0.05, 0) is 80.7 Å². The number of benzene rings is 2. The molecule has 2 rings (SSSR count). The molecule has 0 bridgehead atoms. The predicted octanol–water partition coefficient (Wildman–Crippen LogP) is 4.53. The molecule has 6 nitrogen and oxygen atoms in total. The van der Waals surface area contributed by atoms with Gasteiger partial charge >= 0.3 is 11.9 Å². The van der Waals surface area contributed by atoms with Crippen LogP contribution in [-0.4, -0.2) is 61.8 Å². The fraction of sp³-hybridized carbons (Fsp3) is 0.440. The predicted molar refractivity (Wildman–Crippen MR) is 127 cm³/mol. The fourth-order valence-corrected chi connectivity index (χ4v) is 2.88. The highest BCUT2D eigenvalue weighted by atomic mass is 16.4. The molecule has 0 unspecified atom stereocenters. The van der Waals surface area contributed by atoms with Crippen molar-refractivity contribution in [3.63, 3.8) is 0 Å². The highest BCUT2D eigenvalue weighted by molar-refractivity contribution is 5.90. The number of carboxylic acid groups (broad SMARTS) is 2. The van der Waals surface area contributed by atoms with Crippen LogP contribution in [0.2, 0.25) is 0 Å². The molecular formula is C25H36N2O4. The van der Waals surface area contributed by atoms with E-state index in [0.29, 0.717) is 17.0 Å². The van der Waals surface area contributed by atoms with Gasteiger partial charge in [-0.25, -0.2) is 9.59 Å². The van der Waals surface area contributed by atoms with Crippen molar-refractivity contribution >= 4 is 17.6 Å². The maximum absolute atomic E-state index is 11.1. The molecule has 2 aromatic rings. The van der Waals surface area contributed by atoms with Gasteiger partial charge in [0.25, 0.3) is 0 Å². The molecule has 0 spiro atoms. The first-order valence-corrected chi connectivity index (χ1v) is 10.5. The van der Waals surface area contributed by atoms with Crippen molar-refractivity contribution in [2.24, 2.45) is 5.92 Å². The summed E-state index contributed by atoms with van der Waals surface area (Å²) in [6.07, 6.45) is 2.78. The summed E-state index contributed by atoms with van der Waals surface area (Å²) in [4.78, 5) is 25.8. The summed E-state index contributed by atoms with van der Waals surface area (Å²) in [7, 11) is 7.96. The summed E-state index contributed by atoms with van der Waals surface area (Å²) >= 11 is 0. The van der Waals surface area contributed by atoms with E-state index < -0.39 is 11.9 Å². The van der Waals surface area contributed by atoms with Crippen LogP contribution in [-0.2, 0) is 12.8 Å². The number of anilines is 1. The Bertz CT molecular complexity index is 843. The Morgan fingerprint density at radius 2 is 1.48 bits per heavy atom. The zero-order valence-electron chi connectivity index (χ0n) is 19.6. The Kier molecular flexibility index (Phi) is 10.8. The van der Waals surface area contributed by atoms with E-state index in [9.17, 15) is 9.59 Å². The molecule has 0 aliphatic heterocycles. The monoisotopic (exact) mass is 428 g/mol. The topological polar surface area (TPSA) is 81.1 Å². The fourth-order valence-electron chi connectivity index (χ4n) is 2.88. The summed E-state index contributed by atoms with van der Waals surface area (Å²) in [6.45, 7) is 5.28. The molecule has 2 aromatic carbocycles. The van der Waals surface area contributed by atoms with Gasteiger partial charge in [0.15, 0.2) is 0 Å². The van der Waals surface area contributed by atoms with Gasteiger partial charge in [0.05, 0.1) is 11.1 Å². The summed E-state index contributed by atoms with van der Waals surface area (Å²) in [5.74, 6) is -1.13. The number of aromatic carboxylic acids is 2. The van der Waals surface area contributed by atoms with Gasteiger partial charge in [0.2, 0.25) is 0 Å². The number of rotatable bonds is 9. The van der Waals surface area contributed by atoms with E-state index in [0.717, 1.165) is 37.1 Å². The van der Waals surface area contributed by atoms with E-state index in [2.05, 4.69) is 18.7 Å². The van der Waals surface area contributed by atoms with E-state index in [1.54, 1.807) is 18.2 Å². The lowest BCUT2D eigenvalue weighted by Gasteiger charge is -2.16. The Labute approximate surface area is 186 Å². The van der Waals surface area contributed by atoms with Crippen molar-refractivity contribution in [1.29, 1.82) is 0 Å². The van der Waals surface area contributed by atoms with Crippen molar-refractivity contribution in [2.75, 3.05) is 39.6 Å². The zero-order valence-corrected chi connectivity index (χ0v) is 19.6. The minimum Gasteiger partial charge on any atom is -0.478 e. The average molecular weight is 429 g/mol. The second-order valence-electron chi connectivity index (χ2n) is 8.53. The molecule has 0 radical (unpaired) electrons. The molecule has 0 aliphatic rings. The molecule has 31 heavy (non-hydrogen) atoms. The van der Waals surface area contributed by atoms with E-state index in [4.69, 9.17) is 10.2 Å². The van der Waals surface area contributed by atoms with Gasteiger partial charge in [0, 0.05) is 26.3 Å². The summed E-state index contributed by atoms with van der Waals surface area (Å²) in [5, 5.41) is 17.8. The molecule has 0 aliphatic carbocycles. The van der Waals surface area contributed by atoms with Crippen LogP contribution in [0.15, 0.2) is 42.5 Å². The molecule has 0 heterocycles. The Morgan fingerprint density at radius 1 is 0.871 bits per heavy atom. The molecule has 6 heteroatoms. The average Bonchev–Trinajstić information content (AvgIpc) is 2.71. The highest BCUT2D eigenvalue weighted by Crippen LogP contribution is 2.21. The van der Waals surface area contributed by atoms with Crippen LogP contribution in [0.3, 0.4) is 0 Å². The van der Waals surface area contributed by atoms with Crippen LogP contribution in [0, 0.1) is 5.92 Å². The van der Waals surface area contributed by atoms with Gasteiger partial charge in [0.1, 0.15) is 0 Å². The largest absolute Gasteiger partial charge is 0.478 e. The van der Waals surface area contributed by atoms with E-state index in [1.165, 1.54) is 5.56 Å². The summed E-state index contributed by atoms with van der Waals surface area (Å²) in [6, 6.07) is 12.6. The van der Waals surface area contributed by atoms with E-state index in [1.807, 2.05) is 57.4 Å². The van der Waals surface area contributed by atoms with Crippen LogP contribution in [0.1, 0.15) is 52.1 Å². The smallest absolute Gasteiger partial charge is 0.335 e. The second kappa shape index (κ2) is 12.7. The Morgan fingerprint density at radius 3 is 1.94 bits per heavy atom. The number of carboxylic acids is 2. The maximum Gasteiger partial charge on any atom is 0.335 e. The quantitative estimate of drug-likeness (QED) is 0.611. The summed E-state index contributed by atoms with van der Waals surface area (Å²) in [5.41, 5.74) is 3.92. The highest BCUT2D eigenvalue weighted by Gasteiger charge is 2.11. The van der Waals surface area contributed by atoms with Gasteiger partial charge in [-0.3, -0.25) is 0 Å². The third kappa shape index (κ3) is 9.66.